The van der Waals surface area contributed by atoms with E-state index >= 15 is 0 Å². The van der Waals surface area contributed by atoms with Crippen molar-refractivity contribution in [2.45, 2.75) is 18.4 Å². The molecule has 6 nitrogen and oxygen atoms in total. The zero-order chi connectivity index (χ0) is 23.4. The van der Waals surface area contributed by atoms with Gasteiger partial charge in [0.2, 0.25) is 10.0 Å². The van der Waals surface area contributed by atoms with Crippen LogP contribution in [0.1, 0.15) is 21.5 Å². The van der Waals surface area contributed by atoms with Crippen LogP contribution in [0.25, 0.3) is 0 Å². The fraction of sp³-hybridized carbons (Fsp3) is 0.240. The van der Waals surface area contributed by atoms with Gasteiger partial charge in [0.05, 0.1) is 4.90 Å². The number of anilines is 1. The minimum atomic E-state index is -3.72. The van der Waals surface area contributed by atoms with Crippen LogP contribution in [0.4, 0.5) is 10.1 Å². The molecule has 33 heavy (non-hydrogen) atoms. The standard InChI is InChI=1S/C25H26FN3O3S/c1-19-16-22(26)10-11-24(19)27-25(30)21-8-5-9-23(17-21)33(31,32)29-14-12-28(13-15-29)18-20-6-3-2-4-7-20/h2-11,16-17H,12-15,18H2,1H3,(H,27,30). The molecule has 8 heteroatoms. The van der Waals surface area contributed by atoms with Crippen molar-refractivity contribution in [2.24, 2.45) is 0 Å². The Morgan fingerprint density at radius 2 is 1.67 bits per heavy atom. The number of aryl methyl sites for hydroxylation is 1. The van der Waals surface area contributed by atoms with Crippen LogP contribution in [0.3, 0.4) is 0 Å². The molecule has 172 valence electrons. The average molecular weight is 468 g/mol. The number of carbonyl (C=O) groups is 1. The Morgan fingerprint density at radius 3 is 2.36 bits per heavy atom. The monoisotopic (exact) mass is 467 g/mol. The predicted molar refractivity (Wildman–Crippen MR) is 126 cm³/mol. The third-order valence-corrected chi connectivity index (χ3v) is 7.65. The first-order valence-electron chi connectivity index (χ1n) is 10.8. The van der Waals surface area contributed by atoms with Gasteiger partial charge in [0.15, 0.2) is 0 Å². The number of nitrogens with one attached hydrogen (secondary N) is 1. The fourth-order valence-corrected chi connectivity index (χ4v) is 5.35. The summed E-state index contributed by atoms with van der Waals surface area (Å²) in [6.07, 6.45) is 0. The summed E-state index contributed by atoms with van der Waals surface area (Å²) in [5.74, 6) is -0.836. The normalized spacial score (nSPS) is 15.3. The van der Waals surface area contributed by atoms with Gasteiger partial charge in [0.1, 0.15) is 5.82 Å². The Bertz CT molecular complexity index is 1240. The SMILES string of the molecule is Cc1cc(F)ccc1NC(=O)c1cccc(S(=O)(=O)N2CCN(Cc3ccccc3)CC2)c1. The van der Waals surface area contributed by atoms with E-state index in [0.717, 1.165) is 6.54 Å². The molecular weight excluding hydrogens is 441 g/mol. The highest BCUT2D eigenvalue weighted by Crippen LogP contribution is 2.21. The van der Waals surface area contributed by atoms with Crippen LogP contribution in [0.5, 0.6) is 0 Å². The Balaban J connectivity index is 1.43. The molecule has 1 aliphatic heterocycles. The second-order valence-electron chi connectivity index (χ2n) is 8.11. The zero-order valence-electron chi connectivity index (χ0n) is 18.4. The summed E-state index contributed by atoms with van der Waals surface area (Å²) >= 11 is 0. The lowest BCUT2D eigenvalue weighted by Gasteiger charge is -2.34. The molecule has 3 aromatic carbocycles. The van der Waals surface area contributed by atoms with Crippen LogP contribution < -0.4 is 5.32 Å². The van der Waals surface area contributed by atoms with E-state index < -0.39 is 15.9 Å². The molecule has 1 heterocycles. The molecule has 3 aromatic rings. The molecule has 0 spiro atoms. The second kappa shape index (κ2) is 9.82. The van der Waals surface area contributed by atoms with E-state index in [4.69, 9.17) is 0 Å². The fourth-order valence-electron chi connectivity index (χ4n) is 3.88. The number of hydrogen-bond donors (Lipinski definition) is 1. The number of nitrogens with zero attached hydrogens (tertiary/aromatic N) is 2. The van der Waals surface area contributed by atoms with Gasteiger partial charge in [-0.25, -0.2) is 12.8 Å². The van der Waals surface area contributed by atoms with Crippen LogP contribution in [0.2, 0.25) is 0 Å². The Hall–Kier alpha value is -3.07. The van der Waals surface area contributed by atoms with Gasteiger partial charge in [-0.2, -0.15) is 4.31 Å². The van der Waals surface area contributed by atoms with Crippen LogP contribution >= 0.6 is 0 Å². The molecule has 0 unspecified atom stereocenters. The molecule has 1 fully saturated rings. The summed E-state index contributed by atoms with van der Waals surface area (Å²) in [5, 5.41) is 2.72. The molecule has 0 aromatic heterocycles. The van der Waals surface area contributed by atoms with Crippen molar-refractivity contribution in [1.29, 1.82) is 0 Å². The van der Waals surface area contributed by atoms with Crippen LogP contribution in [-0.4, -0.2) is 49.7 Å². The first kappa shape index (κ1) is 23.1. The van der Waals surface area contributed by atoms with E-state index in [2.05, 4.69) is 22.3 Å². The zero-order valence-corrected chi connectivity index (χ0v) is 19.2. The summed E-state index contributed by atoms with van der Waals surface area (Å²) in [6, 6.07) is 20.2. The maximum absolute atomic E-state index is 13.3. The number of piperazine rings is 1. The highest BCUT2D eigenvalue weighted by Gasteiger charge is 2.29. The highest BCUT2D eigenvalue weighted by molar-refractivity contribution is 7.89. The Labute approximate surface area is 193 Å². The summed E-state index contributed by atoms with van der Waals surface area (Å²) in [5.41, 5.74) is 2.48. The smallest absolute Gasteiger partial charge is 0.255 e. The van der Waals surface area contributed by atoms with Gasteiger partial charge in [-0.15, -0.1) is 0 Å². The molecule has 1 saturated heterocycles. The van der Waals surface area contributed by atoms with Crippen molar-refractivity contribution < 1.29 is 17.6 Å². The molecule has 0 aliphatic carbocycles. The molecule has 1 aliphatic rings. The van der Waals surface area contributed by atoms with Crippen molar-refractivity contribution in [3.63, 3.8) is 0 Å². The lowest BCUT2D eigenvalue weighted by Crippen LogP contribution is -2.48. The summed E-state index contributed by atoms with van der Waals surface area (Å²) in [7, 11) is -3.72. The second-order valence-corrected chi connectivity index (χ2v) is 10.0. The minimum Gasteiger partial charge on any atom is -0.322 e. The molecule has 0 bridgehead atoms. The molecule has 4 rings (SSSR count). The molecule has 0 saturated carbocycles. The van der Waals surface area contributed by atoms with Crippen LogP contribution in [0, 0.1) is 12.7 Å². The maximum Gasteiger partial charge on any atom is 0.255 e. The van der Waals surface area contributed by atoms with E-state index in [1.165, 1.54) is 40.2 Å². The van der Waals surface area contributed by atoms with Crippen molar-refractivity contribution in [2.75, 3.05) is 31.5 Å². The third-order valence-electron chi connectivity index (χ3n) is 5.75. The number of sulfonamides is 1. The van der Waals surface area contributed by atoms with Crippen molar-refractivity contribution >= 4 is 21.6 Å². The third kappa shape index (κ3) is 5.47. The quantitative estimate of drug-likeness (QED) is 0.597. The van der Waals surface area contributed by atoms with Gasteiger partial charge >= 0.3 is 0 Å². The van der Waals surface area contributed by atoms with Crippen LogP contribution in [0.15, 0.2) is 77.7 Å². The Morgan fingerprint density at radius 1 is 0.939 bits per heavy atom. The molecular formula is C25H26FN3O3S. The van der Waals surface area contributed by atoms with Crippen molar-refractivity contribution in [3.8, 4) is 0 Å². The number of carbonyl (C=O) groups excluding carboxylic acids is 1. The van der Waals surface area contributed by atoms with E-state index in [-0.39, 0.29) is 16.3 Å². The van der Waals surface area contributed by atoms with Crippen molar-refractivity contribution in [3.05, 3.63) is 95.3 Å². The lowest BCUT2D eigenvalue weighted by atomic mass is 10.1. The molecule has 0 radical (unpaired) electrons. The van der Waals surface area contributed by atoms with Gasteiger partial charge in [-0.3, -0.25) is 9.69 Å². The van der Waals surface area contributed by atoms with Gasteiger partial charge in [0.25, 0.3) is 5.91 Å². The topological polar surface area (TPSA) is 69.7 Å². The maximum atomic E-state index is 13.3. The van der Waals surface area contributed by atoms with Crippen LogP contribution in [-0.2, 0) is 16.6 Å². The van der Waals surface area contributed by atoms with E-state index in [1.54, 1.807) is 19.1 Å². The van der Waals surface area contributed by atoms with E-state index in [0.29, 0.717) is 37.4 Å². The highest BCUT2D eigenvalue weighted by atomic mass is 32.2. The average Bonchev–Trinajstić information content (AvgIpc) is 2.82. The number of amides is 1. The molecule has 0 atom stereocenters. The van der Waals surface area contributed by atoms with Gasteiger partial charge < -0.3 is 5.32 Å². The van der Waals surface area contributed by atoms with Crippen molar-refractivity contribution in [1.82, 2.24) is 9.21 Å². The number of halogens is 1. The first-order valence-corrected chi connectivity index (χ1v) is 12.2. The van der Waals surface area contributed by atoms with Gasteiger partial charge in [0, 0.05) is 44.0 Å². The summed E-state index contributed by atoms with van der Waals surface area (Å²) in [6.45, 7) is 4.53. The van der Waals surface area contributed by atoms with Gasteiger partial charge in [-0.05, 0) is 54.4 Å². The predicted octanol–water partition coefficient (Wildman–Crippen LogP) is 3.89. The first-order chi connectivity index (χ1) is 15.8. The largest absolute Gasteiger partial charge is 0.322 e. The van der Waals surface area contributed by atoms with Gasteiger partial charge in [-0.1, -0.05) is 36.4 Å². The van der Waals surface area contributed by atoms with E-state index in [9.17, 15) is 17.6 Å². The molecule has 1 N–H and O–H groups in total. The number of rotatable bonds is 6. The Kier molecular flexibility index (Phi) is 6.88. The summed E-state index contributed by atoms with van der Waals surface area (Å²) in [4.78, 5) is 15.0. The minimum absolute atomic E-state index is 0.0856. The summed E-state index contributed by atoms with van der Waals surface area (Å²) < 4.78 is 41.2. The lowest BCUT2D eigenvalue weighted by molar-refractivity contribution is 0.102. The van der Waals surface area contributed by atoms with E-state index in [1.807, 2.05) is 18.2 Å². The molecule has 1 amide bonds. The number of hydrogen-bond acceptors (Lipinski definition) is 4. The number of benzene rings is 3.